The van der Waals surface area contributed by atoms with E-state index in [0.717, 1.165) is 38.5 Å². The molecule has 0 aromatic carbocycles. The molecule has 4 N–H and O–H groups in total. The molecule has 8 nitrogen and oxygen atoms in total. The summed E-state index contributed by atoms with van der Waals surface area (Å²) < 4.78 is 17.0. The normalized spacial score (nSPS) is 50.4. The van der Waals surface area contributed by atoms with Crippen LogP contribution in [-0.4, -0.2) is 76.9 Å². The number of esters is 1. The molecule has 0 spiro atoms. The Labute approximate surface area is 233 Å². The van der Waals surface area contributed by atoms with Crippen molar-refractivity contribution in [2.24, 2.45) is 46.3 Å². The molecule has 0 unspecified atom stereocenters. The third kappa shape index (κ3) is 5.20. The number of hydrogen-bond acceptors (Lipinski definition) is 8. The minimum atomic E-state index is -1.09. The van der Waals surface area contributed by atoms with Crippen molar-refractivity contribution in [3.05, 3.63) is 0 Å². The SMILES string of the molecule is COC(=O)CC[C@@H](C)[C@H]1CC[C@H]2[C@@H]3CC[C@@H]4C[C@H](O[C@@H]5C[C@@H](O)[C@H](O)[C@@H](CO)O5)CC[C@]4(C)[C@H]3C[C@H](O)[C@]12C. The van der Waals surface area contributed by atoms with Gasteiger partial charge >= 0.3 is 5.97 Å². The van der Waals surface area contributed by atoms with Gasteiger partial charge in [-0.1, -0.05) is 20.8 Å². The monoisotopic (exact) mass is 552 g/mol. The van der Waals surface area contributed by atoms with Gasteiger partial charge in [0.2, 0.25) is 0 Å². The van der Waals surface area contributed by atoms with E-state index in [1.807, 2.05) is 0 Å². The summed E-state index contributed by atoms with van der Waals surface area (Å²) in [5.41, 5.74) is 0.0869. The molecule has 5 fully saturated rings. The summed E-state index contributed by atoms with van der Waals surface area (Å²) in [5.74, 6) is 2.88. The van der Waals surface area contributed by atoms with Crippen molar-refractivity contribution in [3.63, 3.8) is 0 Å². The third-order valence-electron chi connectivity index (χ3n) is 12.6. The molecule has 5 rings (SSSR count). The highest BCUT2D eigenvalue weighted by Crippen LogP contribution is 2.68. The Kier molecular flexibility index (Phi) is 8.75. The summed E-state index contributed by atoms with van der Waals surface area (Å²) in [6.45, 7) is 6.72. The second-order valence-corrected chi connectivity index (χ2v) is 14.2. The van der Waals surface area contributed by atoms with Gasteiger partial charge in [-0.2, -0.15) is 0 Å². The van der Waals surface area contributed by atoms with Crippen LogP contribution in [0.15, 0.2) is 0 Å². The molecule has 0 aromatic rings. The maximum Gasteiger partial charge on any atom is 0.305 e. The highest BCUT2D eigenvalue weighted by Gasteiger charge is 2.63. The van der Waals surface area contributed by atoms with Gasteiger partial charge in [0.1, 0.15) is 12.2 Å². The average molecular weight is 553 g/mol. The first kappa shape index (κ1) is 29.7. The van der Waals surface area contributed by atoms with Gasteiger partial charge in [0.05, 0.1) is 32.0 Å². The van der Waals surface area contributed by atoms with Crippen LogP contribution in [0.5, 0.6) is 0 Å². The van der Waals surface area contributed by atoms with Gasteiger partial charge in [0, 0.05) is 12.8 Å². The predicted octanol–water partition coefficient (Wildman–Crippen LogP) is 3.42. The summed E-state index contributed by atoms with van der Waals surface area (Å²) >= 11 is 0. The Morgan fingerprint density at radius 3 is 2.51 bits per heavy atom. The summed E-state index contributed by atoms with van der Waals surface area (Å²) in [6, 6.07) is 0. The summed E-state index contributed by atoms with van der Waals surface area (Å²) in [4.78, 5) is 11.8. The van der Waals surface area contributed by atoms with E-state index >= 15 is 0 Å². The third-order valence-corrected chi connectivity index (χ3v) is 12.6. The molecule has 0 radical (unpaired) electrons. The first-order valence-electron chi connectivity index (χ1n) is 15.6. The maximum atomic E-state index is 11.8. The molecule has 1 aliphatic heterocycles. The molecule has 0 amide bonds. The summed E-state index contributed by atoms with van der Waals surface area (Å²) in [6.07, 6.45) is 6.21. The van der Waals surface area contributed by atoms with Gasteiger partial charge in [-0.3, -0.25) is 4.79 Å². The van der Waals surface area contributed by atoms with Gasteiger partial charge in [-0.05, 0) is 104 Å². The van der Waals surface area contributed by atoms with E-state index in [1.54, 1.807) is 0 Å². The second kappa shape index (κ2) is 11.5. The Hall–Kier alpha value is -0.770. The quantitative estimate of drug-likeness (QED) is 0.280. The molecule has 1 heterocycles. The van der Waals surface area contributed by atoms with Gasteiger partial charge in [-0.15, -0.1) is 0 Å². The van der Waals surface area contributed by atoms with Crippen LogP contribution in [0, 0.1) is 46.3 Å². The van der Waals surface area contributed by atoms with Crippen LogP contribution < -0.4 is 0 Å². The van der Waals surface area contributed by atoms with Gasteiger partial charge in [0.25, 0.3) is 0 Å². The lowest BCUT2D eigenvalue weighted by Crippen LogP contribution is -2.59. The number of ether oxygens (including phenoxy) is 3. The van der Waals surface area contributed by atoms with E-state index in [4.69, 9.17) is 14.2 Å². The Morgan fingerprint density at radius 2 is 1.79 bits per heavy atom. The Balaban J connectivity index is 1.24. The Bertz CT molecular complexity index is 868. The number of rotatable bonds is 7. The maximum absolute atomic E-state index is 11.8. The molecule has 4 saturated carbocycles. The van der Waals surface area contributed by atoms with Gasteiger partial charge in [-0.25, -0.2) is 0 Å². The van der Waals surface area contributed by atoms with E-state index in [2.05, 4.69) is 20.8 Å². The Morgan fingerprint density at radius 1 is 1.03 bits per heavy atom. The highest BCUT2D eigenvalue weighted by molar-refractivity contribution is 5.69. The number of hydrogen-bond donors (Lipinski definition) is 4. The zero-order chi connectivity index (χ0) is 28.1. The van der Waals surface area contributed by atoms with Crippen molar-refractivity contribution in [3.8, 4) is 0 Å². The van der Waals surface area contributed by atoms with Crippen molar-refractivity contribution in [2.75, 3.05) is 13.7 Å². The van der Waals surface area contributed by atoms with Crippen LogP contribution in [0.2, 0.25) is 0 Å². The minimum absolute atomic E-state index is 0.0386. The molecular formula is C31H52O8. The molecule has 5 aliphatic rings. The largest absolute Gasteiger partial charge is 0.469 e. The van der Waals surface area contributed by atoms with Crippen LogP contribution in [0.3, 0.4) is 0 Å². The lowest BCUT2D eigenvalue weighted by molar-refractivity contribution is -0.277. The lowest BCUT2D eigenvalue weighted by atomic mass is 9.43. The zero-order valence-electron chi connectivity index (χ0n) is 24.3. The highest BCUT2D eigenvalue weighted by atomic mass is 16.7. The molecule has 224 valence electrons. The van der Waals surface area contributed by atoms with Crippen LogP contribution >= 0.6 is 0 Å². The first-order chi connectivity index (χ1) is 18.5. The van der Waals surface area contributed by atoms with Gasteiger partial charge < -0.3 is 34.6 Å². The molecule has 39 heavy (non-hydrogen) atoms. The van der Waals surface area contributed by atoms with Crippen LogP contribution in [-0.2, 0) is 19.0 Å². The molecule has 8 heteroatoms. The second-order valence-electron chi connectivity index (χ2n) is 14.2. The van der Waals surface area contributed by atoms with E-state index in [-0.39, 0.29) is 42.0 Å². The van der Waals surface area contributed by atoms with Crippen molar-refractivity contribution in [1.29, 1.82) is 0 Å². The van der Waals surface area contributed by atoms with E-state index in [1.165, 1.54) is 26.4 Å². The van der Waals surface area contributed by atoms with Crippen molar-refractivity contribution >= 4 is 5.97 Å². The summed E-state index contributed by atoms with van der Waals surface area (Å²) in [7, 11) is 1.45. The van der Waals surface area contributed by atoms with Crippen LogP contribution in [0.25, 0.3) is 0 Å². The van der Waals surface area contributed by atoms with Crippen molar-refractivity contribution in [2.45, 2.75) is 128 Å². The number of carbonyl (C=O) groups is 1. The van der Waals surface area contributed by atoms with Gasteiger partial charge in [0.15, 0.2) is 6.29 Å². The minimum Gasteiger partial charge on any atom is -0.469 e. The summed E-state index contributed by atoms with van der Waals surface area (Å²) in [5, 5.41) is 41.6. The fraction of sp³-hybridized carbons (Fsp3) is 0.968. The smallest absolute Gasteiger partial charge is 0.305 e. The topological polar surface area (TPSA) is 126 Å². The van der Waals surface area contributed by atoms with E-state index in [9.17, 15) is 25.2 Å². The predicted molar refractivity (Wildman–Crippen MR) is 144 cm³/mol. The molecule has 4 aliphatic carbocycles. The lowest BCUT2D eigenvalue weighted by Gasteiger charge is -2.62. The zero-order valence-corrected chi connectivity index (χ0v) is 24.3. The average Bonchev–Trinajstić information content (AvgIpc) is 3.28. The van der Waals surface area contributed by atoms with Crippen molar-refractivity contribution < 1.29 is 39.4 Å². The number of aliphatic hydroxyl groups excluding tert-OH is 4. The molecular weight excluding hydrogens is 500 g/mol. The molecule has 1 saturated heterocycles. The van der Waals surface area contributed by atoms with Crippen LogP contribution in [0.1, 0.15) is 91.4 Å². The fourth-order valence-corrected chi connectivity index (χ4v) is 10.3. The van der Waals surface area contributed by atoms with E-state index in [0.29, 0.717) is 41.9 Å². The number of carbonyl (C=O) groups excluding carboxylic acids is 1. The number of aliphatic hydroxyl groups is 4. The molecule has 14 atom stereocenters. The fourth-order valence-electron chi connectivity index (χ4n) is 10.3. The number of fused-ring (bicyclic) bond motifs is 5. The number of methoxy groups -OCH3 is 1. The first-order valence-corrected chi connectivity index (χ1v) is 15.6. The van der Waals surface area contributed by atoms with E-state index < -0.39 is 24.6 Å². The molecule has 0 bridgehead atoms. The van der Waals surface area contributed by atoms with Crippen LogP contribution in [0.4, 0.5) is 0 Å². The van der Waals surface area contributed by atoms with Crippen molar-refractivity contribution in [1.82, 2.24) is 0 Å². The molecule has 0 aromatic heterocycles. The standard InChI is InChI=1S/C31H52O8/c1-17(5-10-27(35)37-4)21-8-9-22-20-7-6-18-13-19(38-28-15-24(33)29(36)25(16-32)39-28)11-12-30(18,2)23(20)14-26(34)31(21,22)3/h17-26,28-29,32-34,36H,5-16H2,1-4H3/t17-,18-,19-,20+,21-,22+,23+,24-,25-,26+,28+,29+,30+,31-/m1/s1.